The molecule has 1 aliphatic rings. The number of likely N-dealkylation sites (N-methyl/N-ethyl adjacent to an activating group) is 1. The molecule has 2 N–H and O–H groups in total. The summed E-state index contributed by atoms with van der Waals surface area (Å²) in [5, 5.41) is 3.77. The molecule has 1 atom stereocenters. The lowest BCUT2D eigenvalue weighted by molar-refractivity contribution is 0.0943. The number of benzene rings is 1. The molecule has 22 heavy (non-hydrogen) atoms. The summed E-state index contributed by atoms with van der Waals surface area (Å²) in [6.07, 6.45) is 2.30. The summed E-state index contributed by atoms with van der Waals surface area (Å²) in [5.41, 5.74) is 0.886. The molecule has 0 aliphatic carbocycles. The first kappa shape index (κ1) is 14.8. The molecule has 0 unspecified atom stereocenters. The van der Waals surface area contributed by atoms with Crippen molar-refractivity contribution < 1.29 is 4.79 Å². The lowest BCUT2D eigenvalue weighted by Crippen LogP contribution is -2.40. The van der Waals surface area contributed by atoms with Crippen LogP contribution in [0.1, 0.15) is 30.1 Å². The number of nitrogens with one attached hydrogen (secondary N) is 2. The molecule has 2 heterocycles. The van der Waals surface area contributed by atoms with E-state index in [1.807, 2.05) is 24.3 Å². The van der Waals surface area contributed by atoms with Gasteiger partial charge in [0.1, 0.15) is 0 Å². The first-order valence-electron chi connectivity index (χ1n) is 7.83. The molecular formula is C17H21N3O2. The zero-order chi connectivity index (χ0) is 15.5. The van der Waals surface area contributed by atoms with Crippen LogP contribution in [-0.4, -0.2) is 41.5 Å². The van der Waals surface area contributed by atoms with Crippen LogP contribution in [0.3, 0.4) is 0 Å². The standard InChI is InChI=1S/C17H21N3O2/c1-2-20-9-5-6-12(20)11-18-17(22)14-10-16(21)19-15-8-4-3-7-13(14)15/h3-4,7-8,10,12H,2,5-6,9,11H2,1H3,(H,18,22)(H,19,21)/t12-/m0/s1. The molecule has 5 heteroatoms. The molecule has 3 rings (SSSR count). The third-order valence-corrected chi connectivity index (χ3v) is 4.40. The number of H-pyrrole nitrogens is 1. The topological polar surface area (TPSA) is 65.2 Å². The highest BCUT2D eigenvalue weighted by Gasteiger charge is 2.23. The fourth-order valence-electron chi connectivity index (χ4n) is 3.24. The Morgan fingerprint density at radius 3 is 3.05 bits per heavy atom. The first-order valence-corrected chi connectivity index (χ1v) is 7.83. The molecule has 116 valence electrons. The number of para-hydroxylation sites is 1. The molecule has 0 radical (unpaired) electrons. The van der Waals surface area contributed by atoms with Crippen LogP contribution >= 0.6 is 0 Å². The van der Waals surface area contributed by atoms with E-state index in [4.69, 9.17) is 0 Å². The van der Waals surface area contributed by atoms with Crippen molar-refractivity contribution in [3.8, 4) is 0 Å². The fraction of sp³-hybridized carbons (Fsp3) is 0.412. The van der Waals surface area contributed by atoms with Gasteiger partial charge in [-0.2, -0.15) is 0 Å². The number of carbonyl (C=O) groups is 1. The van der Waals surface area contributed by atoms with Crippen LogP contribution in [0.2, 0.25) is 0 Å². The van der Waals surface area contributed by atoms with E-state index in [1.54, 1.807) is 0 Å². The molecule has 1 aliphatic heterocycles. The predicted octanol–water partition coefficient (Wildman–Crippen LogP) is 1.74. The number of pyridine rings is 1. The Kier molecular flexibility index (Phi) is 4.24. The van der Waals surface area contributed by atoms with Gasteiger partial charge in [-0.05, 0) is 32.0 Å². The Morgan fingerprint density at radius 2 is 2.23 bits per heavy atom. The van der Waals surface area contributed by atoms with Gasteiger partial charge >= 0.3 is 0 Å². The maximum atomic E-state index is 12.5. The maximum absolute atomic E-state index is 12.5. The van der Waals surface area contributed by atoms with Gasteiger partial charge < -0.3 is 10.3 Å². The molecule has 0 saturated carbocycles. The number of rotatable bonds is 4. The average Bonchev–Trinajstić information content (AvgIpc) is 2.99. The zero-order valence-electron chi connectivity index (χ0n) is 12.8. The van der Waals surface area contributed by atoms with Gasteiger partial charge in [-0.1, -0.05) is 25.1 Å². The SMILES string of the molecule is CCN1CCC[C@H]1CNC(=O)c1cc(=O)[nH]c2ccccc12. The Bertz CT molecular complexity index is 738. The molecule has 1 fully saturated rings. The van der Waals surface area contributed by atoms with E-state index < -0.39 is 0 Å². The fourth-order valence-corrected chi connectivity index (χ4v) is 3.24. The van der Waals surface area contributed by atoms with E-state index in [0.717, 1.165) is 24.9 Å². The number of likely N-dealkylation sites (tertiary alicyclic amines) is 1. The monoisotopic (exact) mass is 299 g/mol. The van der Waals surface area contributed by atoms with Crippen LogP contribution < -0.4 is 10.9 Å². The van der Waals surface area contributed by atoms with Gasteiger partial charge in [0.25, 0.3) is 5.91 Å². The summed E-state index contributed by atoms with van der Waals surface area (Å²) in [7, 11) is 0. The van der Waals surface area contributed by atoms with Crippen molar-refractivity contribution in [2.45, 2.75) is 25.8 Å². The minimum atomic E-state index is -0.250. The van der Waals surface area contributed by atoms with Crippen LogP contribution in [0.25, 0.3) is 10.9 Å². The van der Waals surface area contributed by atoms with Crippen molar-refractivity contribution in [2.75, 3.05) is 19.6 Å². The van der Waals surface area contributed by atoms with Crippen LogP contribution in [0, 0.1) is 0 Å². The molecule has 5 nitrogen and oxygen atoms in total. The average molecular weight is 299 g/mol. The second kappa shape index (κ2) is 6.32. The molecular weight excluding hydrogens is 278 g/mol. The zero-order valence-corrected chi connectivity index (χ0v) is 12.8. The lowest BCUT2D eigenvalue weighted by atomic mass is 10.1. The number of nitrogens with zero attached hydrogens (tertiary/aromatic N) is 1. The Balaban J connectivity index is 1.79. The van der Waals surface area contributed by atoms with Gasteiger partial charge in [0.2, 0.25) is 5.56 Å². The molecule has 1 amide bonds. The summed E-state index contributed by atoms with van der Waals surface area (Å²) in [5.74, 6) is -0.176. The van der Waals surface area contributed by atoms with E-state index in [1.165, 1.54) is 12.5 Å². The summed E-state index contributed by atoms with van der Waals surface area (Å²) in [4.78, 5) is 29.3. The molecule has 1 saturated heterocycles. The molecule has 1 aromatic carbocycles. The largest absolute Gasteiger partial charge is 0.350 e. The molecule has 0 spiro atoms. The molecule has 1 aromatic heterocycles. The van der Waals surface area contributed by atoms with E-state index in [-0.39, 0.29) is 11.5 Å². The van der Waals surface area contributed by atoms with Crippen LogP contribution in [-0.2, 0) is 0 Å². The van der Waals surface area contributed by atoms with E-state index >= 15 is 0 Å². The van der Waals surface area contributed by atoms with E-state index in [9.17, 15) is 9.59 Å². The normalized spacial score (nSPS) is 18.7. The highest BCUT2D eigenvalue weighted by molar-refractivity contribution is 6.05. The lowest BCUT2D eigenvalue weighted by Gasteiger charge is -2.23. The Morgan fingerprint density at radius 1 is 1.41 bits per heavy atom. The van der Waals surface area contributed by atoms with Crippen LogP contribution in [0.5, 0.6) is 0 Å². The minimum absolute atomic E-state index is 0.176. The van der Waals surface area contributed by atoms with Crippen LogP contribution in [0.4, 0.5) is 0 Å². The van der Waals surface area contributed by atoms with Gasteiger partial charge in [0.05, 0.1) is 5.56 Å². The van der Waals surface area contributed by atoms with Crippen molar-refractivity contribution in [1.29, 1.82) is 0 Å². The number of aromatic amines is 1. The Hall–Kier alpha value is -2.14. The van der Waals surface area contributed by atoms with Crippen molar-refractivity contribution in [1.82, 2.24) is 15.2 Å². The third kappa shape index (κ3) is 2.90. The predicted molar refractivity (Wildman–Crippen MR) is 87.2 cm³/mol. The highest BCUT2D eigenvalue weighted by Crippen LogP contribution is 2.17. The second-order valence-electron chi connectivity index (χ2n) is 5.73. The Labute approximate surface area is 129 Å². The van der Waals surface area contributed by atoms with E-state index in [2.05, 4.69) is 22.1 Å². The number of fused-ring (bicyclic) bond motifs is 1. The number of hydrogen-bond donors (Lipinski definition) is 2. The number of amides is 1. The molecule has 2 aromatic rings. The first-order chi connectivity index (χ1) is 10.7. The van der Waals surface area contributed by atoms with Crippen molar-refractivity contribution >= 4 is 16.8 Å². The van der Waals surface area contributed by atoms with Crippen molar-refractivity contribution in [2.24, 2.45) is 0 Å². The van der Waals surface area contributed by atoms with Crippen LogP contribution in [0.15, 0.2) is 35.1 Å². The second-order valence-corrected chi connectivity index (χ2v) is 5.73. The summed E-state index contributed by atoms with van der Waals surface area (Å²) < 4.78 is 0. The van der Waals surface area contributed by atoms with Gasteiger partial charge in [-0.15, -0.1) is 0 Å². The van der Waals surface area contributed by atoms with Crippen molar-refractivity contribution in [3.63, 3.8) is 0 Å². The smallest absolute Gasteiger partial charge is 0.252 e. The van der Waals surface area contributed by atoms with E-state index in [0.29, 0.717) is 23.7 Å². The number of aromatic nitrogens is 1. The van der Waals surface area contributed by atoms with Crippen molar-refractivity contribution in [3.05, 3.63) is 46.2 Å². The van der Waals surface area contributed by atoms with Gasteiger partial charge in [0, 0.05) is 29.6 Å². The maximum Gasteiger partial charge on any atom is 0.252 e. The summed E-state index contributed by atoms with van der Waals surface area (Å²) in [6, 6.07) is 9.16. The number of carbonyl (C=O) groups excluding carboxylic acids is 1. The summed E-state index contributed by atoms with van der Waals surface area (Å²) in [6.45, 7) is 4.89. The minimum Gasteiger partial charge on any atom is -0.350 e. The highest BCUT2D eigenvalue weighted by atomic mass is 16.2. The van der Waals surface area contributed by atoms with Gasteiger partial charge in [0.15, 0.2) is 0 Å². The third-order valence-electron chi connectivity index (χ3n) is 4.40. The molecule has 0 bridgehead atoms. The summed E-state index contributed by atoms with van der Waals surface area (Å²) >= 11 is 0. The van der Waals surface area contributed by atoms with Gasteiger partial charge in [-0.25, -0.2) is 0 Å². The quantitative estimate of drug-likeness (QED) is 0.904. The van der Waals surface area contributed by atoms with Gasteiger partial charge in [-0.3, -0.25) is 14.5 Å². The number of hydrogen-bond acceptors (Lipinski definition) is 3.